The van der Waals surface area contributed by atoms with Crippen LogP contribution in [0.25, 0.3) is 10.9 Å². The number of hydrogen-bond acceptors (Lipinski definition) is 3. The van der Waals surface area contributed by atoms with Crippen molar-refractivity contribution < 1.29 is 4.79 Å². The van der Waals surface area contributed by atoms with Gasteiger partial charge in [0.05, 0.1) is 23.1 Å². The Bertz CT molecular complexity index is 734. The number of carbonyl (C=O) groups excluding carboxylic acids is 1. The molecule has 5 heteroatoms. The van der Waals surface area contributed by atoms with Crippen molar-refractivity contribution in [2.24, 2.45) is 0 Å². The van der Waals surface area contributed by atoms with E-state index in [-0.39, 0.29) is 5.91 Å². The smallest absolute Gasteiger partial charge is 0.272 e. The Morgan fingerprint density at radius 3 is 2.89 bits per heavy atom. The average molecular weight is 252 g/mol. The Morgan fingerprint density at radius 1 is 1.26 bits per heavy atom. The maximum Gasteiger partial charge on any atom is 0.272 e. The molecule has 0 aliphatic heterocycles. The molecule has 19 heavy (non-hydrogen) atoms. The van der Waals surface area contributed by atoms with E-state index in [1.807, 2.05) is 12.1 Å². The largest absolute Gasteiger partial charge is 0.397 e. The van der Waals surface area contributed by atoms with Gasteiger partial charge in [0, 0.05) is 11.6 Å². The van der Waals surface area contributed by atoms with Crippen LogP contribution in [0.5, 0.6) is 0 Å². The molecule has 3 rings (SSSR count). The summed E-state index contributed by atoms with van der Waals surface area (Å²) in [4.78, 5) is 19.1. The van der Waals surface area contributed by atoms with Gasteiger partial charge in [-0.1, -0.05) is 12.1 Å². The molecule has 4 N–H and O–H groups in total. The lowest BCUT2D eigenvalue weighted by atomic mass is 10.2. The molecule has 3 aromatic rings. The molecule has 1 aromatic carbocycles. The van der Waals surface area contributed by atoms with E-state index in [0.29, 0.717) is 17.1 Å². The van der Waals surface area contributed by atoms with Gasteiger partial charge in [0.1, 0.15) is 5.69 Å². The van der Waals surface area contributed by atoms with Crippen molar-refractivity contribution in [3.05, 3.63) is 54.5 Å². The minimum absolute atomic E-state index is 0.219. The van der Waals surface area contributed by atoms with Gasteiger partial charge in [0.25, 0.3) is 5.91 Å². The van der Waals surface area contributed by atoms with E-state index in [9.17, 15) is 4.79 Å². The minimum Gasteiger partial charge on any atom is -0.397 e. The van der Waals surface area contributed by atoms with Crippen molar-refractivity contribution >= 4 is 28.2 Å². The predicted molar refractivity (Wildman–Crippen MR) is 74.9 cm³/mol. The number of pyridine rings is 1. The molecule has 0 unspecified atom stereocenters. The molecule has 1 amide bonds. The maximum absolute atomic E-state index is 12.1. The Kier molecular flexibility index (Phi) is 2.64. The van der Waals surface area contributed by atoms with Gasteiger partial charge in [0.2, 0.25) is 0 Å². The zero-order valence-electron chi connectivity index (χ0n) is 10.1. The van der Waals surface area contributed by atoms with Gasteiger partial charge >= 0.3 is 0 Å². The summed E-state index contributed by atoms with van der Waals surface area (Å²) in [5.74, 6) is -0.219. The second kappa shape index (κ2) is 4.45. The van der Waals surface area contributed by atoms with Gasteiger partial charge in [-0.3, -0.25) is 9.78 Å². The van der Waals surface area contributed by atoms with Crippen molar-refractivity contribution in [1.29, 1.82) is 0 Å². The van der Waals surface area contributed by atoms with E-state index in [1.165, 1.54) is 0 Å². The summed E-state index contributed by atoms with van der Waals surface area (Å²) in [5, 5.41) is 3.68. The van der Waals surface area contributed by atoms with Crippen LogP contribution in [0.3, 0.4) is 0 Å². The third-order valence-corrected chi connectivity index (χ3v) is 2.85. The molecule has 94 valence electrons. The summed E-state index contributed by atoms with van der Waals surface area (Å²) in [6, 6.07) is 10.9. The number of nitrogens with zero attached hydrogens (tertiary/aromatic N) is 1. The molecule has 0 fully saturated rings. The predicted octanol–water partition coefficient (Wildman–Crippen LogP) is 2.40. The maximum atomic E-state index is 12.1. The van der Waals surface area contributed by atoms with Crippen molar-refractivity contribution in [3.63, 3.8) is 0 Å². The van der Waals surface area contributed by atoms with Gasteiger partial charge in [-0.25, -0.2) is 0 Å². The first kappa shape index (κ1) is 11.3. The number of fused-ring (bicyclic) bond motifs is 1. The van der Waals surface area contributed by atoms with Gasteiger partial charge in [-0.15, -0.1) is 0 Å². The lowest BCUT2D eigenvalue weighted by molar-refractivity contribution is 0.102. The van der Waals surface area contributed by atoms with Crippen molar-refractivity contribution in [2.45, 2.75) is 0 Å². The van der Waals surface area contributed by atoms with Crippen molar-refractivity contribution in [3.8, 4) is 0 Å². The van der Waals surface area contributed by atoms with Gasteiger partial charge in [-0.05, 0) is 24.3 Å². The fraction of sp³-hybridized carbons (Fsp3) is 0. The number of hydrogen-bond donors (Lipinski definition) is 3. The topological polar surface area (TPSA) is 83.8 Å². The standard InChI is InChI=1S/C14H12N4O/c15-11-5-1-3-9-7-12(18-13(9)11)14(19)17-10-4-2-6-16-8-10/h1-8,18H,15H2,(H,17,19). The molecule has 0 atom stereocenters. The minimum atomic E-state index is -0.219. The molecule has 0 bridgehead atoms. The fourth-order valence-corrected chi connectivity index (χ4v) is 1.94. The Balaban J connectivity index is 1.92. The van der Waals surface area contributed by atoms with Crippen molar-refractivity contribution in [2.75, 3.05) is 11.1 Å². The zero-order chi connectivity index (χ0) is 13.2. The fourth-order valence-electron chi connectivity index (χ4n) is 1.94. The van der Waals surface area contributed by atoms with E-state index < -0.39 is 0 Å². The lowest BCUT2D eigenvalue weighted by Gasteiger charge is -2.01. The highest BCUT2D eigenvalue weighted by Crippen LogP contribution is 2.21. The third kappa shape index (κ3) is 2.13. The third-order valence-electron chi connectivity index (χ3n) is 2.85. The number of para-hydroxylation sites is 1. The Morgan fingerprint density at radius 2 is 2.16 bits per heavy atom. The van der Waals surface area contributed by atoms with E-state index in [0.717, 1.165) is 10.9 Å². The molecule has 0 aliphatic carbocycles. The van der Waals surface area contributed by atoms with Crippen LogP contribution in [0.1, 0.15) is 10.5 Å². The molecule has 0 saturated carbocycles. The number of anilines is 2. The number of aromatic amines is 1. The number of nitrogens with two attached hydrogens (primary N) is 1. The van der Waals surface area contributed by atoms with Crippen LogP contribution >= 0.6 is 0 Å². The number of nitrogen functional groups attached to an aromatic ring is 1. The van der Waals surface area contributed by atoms with E-state index in [4.69, 9.17) is 5.73 Å². The highest BCUT2D eigenvalue weighted by Gasteiger charge is 2.10. The molecule has 5 nitrogen and oxygen atoms in total. The summed E-state index contributed by atoms with van der Waals surface area (Å²) >= 11 is 0. The summed E-state index contributed by atoms with van der Waals surface area (Å²) in [5.41, 5.74) is 8.37. The van der Waals surface area contributed by atoms with Gasteiger partial charge < -0.3 is 16.0 Å². The molecule has 0 radical (unpaired) electrons. The Hall–Kier alpha value is -2.82. The van der Waals surface area contributed by atoms with Crippen LogP contribution in [0.15, 0.2) is 48.8 Å². The highest BCUT2D eigenvalue weighted by molar-refractivity contribution is 6.07. The molecule has 0 saturated heterocycles. The molecular weight excluding hydrogens is 240 g/mol. The molecular formula is C14H12N4O. The summed E-state index contributed by atoms with van der Waals surface area (Å²) in [6.45, 7) is 0. The molecule has 2 heterocycles. The first-order chi connectivity index (χ1) is 9.24. The SMILES string of the molecule is Nc1cccc2cc(C(=O)Nc3cccnc3)[nH]c12. The van der Waals surface area contributed by atoms with E-state index in [1.54, 1.807) is 36.7 Å². The average Bonchev–Trinajstić information content (AvgIpc) is 2.85. The number of rotatable bonds is 2. The summed E-state index contributed by atoms with van der Waals surface area (Å²) in [6.07, 6.45) is 3.24. The molecule has 0 aliphatic rings. The Labute approximate surface area is 109 Å². The first-order valence-corrected chi connectivity index (χ1v) is 5.82. The monoisotopic (exact) mass is 252 g/mol. The summed E-state index contributed by atoms with van der Waals surface area (Å²) in [7, 11) is 0. The molecule has 0 spiro atoms. The number of amides is 1. The van der Waals surface area contributed by atoms with Gasteiger partial charge in [-0.2, -0.15) is 0 Å². The van der Waals surface area contributed by atoms with Gasteiger partial charge in [0.15, 0.2) is 0 Å². The zero-order valence-corrected chi connectivity index (χ0v) is 10.1. The quantitative estimate of drug-likeness (QED) is 0.612. The highest BCUT2D eigenvalue weighted by atomic mass is 16.1. The molecule has 2 aromatic heterocycles. The number of nitrogens with one attached hydrogen (secondary N) is 2. The second-order valence-corrected chi connectivity index (χ2v) is 4.19. The number of carbonyl (C=O) groups is 1. The number of aromatic nitrogens is 2. The lowest BCUT2D eigenvalue weighted by Crippen LogP contribution is -2.12. The summed E-state index contributed by atoms with van der Waals surface area (Å²) < 4.78 is 0. The first-order valence-electron chi connectivity index (χ1n) is 5.82. The van der Waals surface area contributed by atoms with Crippen LogP contribution in [0.2, 0.25) is 0 Å². The number of H-pyrrole nitrogens is 1. The second-order valence-electron chi connectivity index (χ2n) is 4.19. The van der Waals surface area contributed by atoms with Crippen molar-refractivity contribution in [1.82, 2.24) is 9.97 Å². The van der Waals surface area contributed by atoms with Crippen LogP contribution in [0, 0.1) is 0 Å². The van der Waals surface area contributed by atoms with E-state index in [2.05, 4.69) is 15.3 Å². The van der Waals surface area contributed by atoms with E-state index >= 15 is 0 Å². The number of benzene rings is 1. The van der Waals surface area contributed by atoms with Crippen LogP contribution in [-0.4, -0.2) is 15.9 Å². The van der Waals surface area contributed by atoms with Crippen LogP contribution in [-0.2, 0) is 0 Å². The normalized spacial score (nSPS) is 10.5. The van der Waals surface area contributed by atoms with Crippen LogP contribution < -0.4 is 11.1 Å². The van der Waals surface area contributed by atoms with Crippen LogP contribution in [0.4, 0.5) is 11.4 Å².